The summed E-state index contributed by atoms with van der Waals surface area (Å²) >= 11 is 5.77. The van der Waals surface area contributed by atoms with Crippen LogP contribution in [0.3, 0.4) is 0 Å². The molecule has 0 spiro atoms. The number of ketones is 2. The molecule has 5 heterocycles. The van der Waals surface area contributed by atoms with Crippen molar-refractivity contribution in [3.63, 3.8) is 0 Å². The van der Waals surface area contributed by atoms with Gasteiger partial charge < -0.3 is 9.80 Å². The van der Waals surface area contributed by atoms with Gasteiger partial charge in [0.25, 0.3) is 0 Å². The predicted molar refractivity (Wildman–Crippen MR) is 412 cm³/mol. The molecule has 0 unspecified atom stereocenters. The summed E-state index contributed by atoms with van der Waals surface area (Å²) in [5, 5.41) is 0. The topological polar surface area (TPSA) is 40.6 Å². The van der Waals surface area contributed by atoms with Crippen molar-refractivity contribution >= 4 is 75.8 Å². The highest BCUT2D eigenvalue weighted by atomic mass is 32.1. The number of benzene rings is 4. The summed E-state index contributed by atoms with van der Waals surface area (Å²) in [6.07, 6.45) is 47.6. The number of nitrogens with zero attached hydrogens (tertiary/aromatic N) is 2. The molecule has 3 aromatic heterocycles. The van der Waals surface area contributed by atoms with Gasteiger partial charge in [-0.05, 0) is 152 Å². The first-order valence-electron chi connectivity index (χ1n) is 38.4. The Labute approximate surface area is 577 Å². The van der Waals surface area contributed by atoms with E-state index in [1.165, 1.54) is 253 Å². The minimum absolute atomic E-state index is 0.0389. The third-order valence-electron chi connectivity index (χ3n) is 21.0. The zero-order chi connectivity index (χ0) is 65.3. The van der Waals surface area contributed by atoms with E-state index in [1.807, 2.05) is 34.0 Å². The Hall–Kier alpha value is -4.82. The van der Waals surface area contributed by atoms with Gasteiger partial charge in [-0.25, -0.2) is 0 Å². The van der Waals surface area contributed by atoms with Crippen LogP contribution < -0.4 is 9.80 Å². The van der Waals surface area contributed by atoms with Crippen molar-refractivity contribution in [2.24, 2.45) is 11.8 Å². The number of rotatable bonds is 45. The Kier molecular flexibility index (Phi) is 29.8. The van der Waals surface area contributed by atoms with Gasteiger partial charge >= 0.3 is 0 Å². The molecule has 93 heavy (non-hydrogen) atoms. The van der Waals surface area contributed by atoms with Crippen molar-refractivity contribution in [1.82, 2.24) is 0 Å². The number of thiophene rings is 3. The van der Waals surface area contributed by atoms with Crippen molar-refractivity contribution in [2.45, 2.75) is 299 Å². The molecule has 7 aromatic rings. The molecule has 0 radical (unpaired) electrons. The maximum atomic E-state index is 16.1. The van der Waals surface area contributed by atoms with E-state index in [0.29, 0.717) is 23.2 Å². The lowest BCUT2D eigenvalue weighted by Crippen LogP contribution is -2.32. The molecule has 2 aliphatic heterocycles. The molecule has 7 heteroatoms. The summed E-state index contributed by atoms with van der Waals surface area (Å²) in [6, 6.07) is 32.4. The SMILES string of the molecule is CCCCCCCCC(CCCCCCCC)CCCN1/C(=C2\C(=O)c3cc(CCCC)c(-c4ccc(-c5cc6sc7cc(-c8ccc(C)cc8)sc7c6s5)cc4)cc3N2CCCC(CCCCCCCC)CCCCCCCC)C(=O)c2cc(CCCC)c(C)cc21. The van der Waals surface area contributed by atoms with Gasteiger partial charge in [0, 0.05) is 43.4 Å². The molecule has 0 fully saturated rings. The maximum Gasteiger partial charge on any atom is 0.213 e. The number of Topliss-reactive ketones (excluding diaryl/α,β-unsaturated/α-hetero) is 2. The third kappa shape index (κ3) is 19.7. The van der Waals surface area contributed by atoms with E-state index >= 15 is 9.59 Å². The number of aryl methyl sites for hydroxylation is 4. The highest BCUT2D eigenvalue weighted by Gasteiger charge is 2.43. The van der Waals surface area contributed by atoms with Crippen LogP contribution in [0.15, 0.2) is 96.3 Å². The Balaban J connectivity index is 1.07. The number of allylic oxidation sites excluding steroid dienone is 2. The van der Waals surface area contributed by atoms with E-state index in [1.54, 1.807) is 0 Å². The van der Waals surface area contributed by atoms with E-state index < -0.39 is 0 Å². The van der Waals surface area contributed by atoms with Gasteiger partial charge in [-0.2, -0.15) is 0 Å². The Bertz CT molecular complexity index is 3410. The highest BCUT2D eigenvalue weighted by Crippen LogP contribution is 2.50. The molecular weight excluding hydrogens is 1190 g/mol. The number of fused-ring (bicyclic) bond motifs is 5. The average molecular weight is 1310 g/mol. The molecule has 4 aromatic carbocycles. The number of carbonyl (C=O) groups excluding carboxylic acids is 2. The molecule has 0 aliphatic carbocycles. The summed E-state index contributed by atoms with van der Waals surface area (Å²) in [5.74, 6) is 1.45. The van der Waals surface area contributed by atoms with Gasteiger partial charge in [0.15, 0.2) is 0 Å². The third-order valence-corrected chi connectivity index (χ3v) is 24.9. The summed E-state index contributed by atoms with van der Waals surface area (Å²) in [6.45, 7) is 19.7. The van der Waals surface area contributed by atoms with Gasteiger partial charge in [-0.15, -0.1) is 34.0 Å². The van der Waals surface area contributed by atoms with Gasteiger partial charge in [0.1, 0.15) is 11.4 Å². The minimum Gasteiger partial charge on any atom is -0.336 e. The number of hydrogen-bond acceptors (Lipinski definition) is 7. The molecule has 0 saturated heterocycles. The Morgan fingerprint density at radius 2 is 0.699 bits per heavy atom. The van der Waals surface area contributed by atoms with E-state index in [0.717, 1.165) is 99.8 Å². The fourth-order valence-electron chi connectivity index (χ4n) is 15.3. The standard InChI is InChI=1S/C86H120N2O2S3/c1-9-15-21-25-29-33-39-65(40-34-30-26-22-16-10-2)43-37-55-87-75-57-64(8)70(45-19-13-5)58-73(75)83(89)81(87)82-84(90)74-59-71(46-20-14-6)72(60-76(74)88(82)56-38-44-66(41-35-31-27-23-17-11-3)42-36-32-28-24-18-12-4)67-51-53-69(54-52-67)78-62-80-86(93-78)85-79(91-80)61-77(92-85)68-49-47-63(7)48-50-68/h47-54,57-62,65-66H,9-46,55-56H2,1-8H3/b82-81+. The highest BCUT2D eigenvalue weighted by molar-refractivity contribution is 7.40. The number of anilines is 2. The first-order valence-corrected chi connectivity index (χ1v) is 40.9. The summed E-state index contributed by atoms with van der Waals surface area (Å²) in [7, 11) is 0. The quantitative estimate of drug-likeness (QED) is 0.0282. The van der Waals surface area contributed by atoms with Crippen LogP contribution >= 0.6 is 34.0 Å². The fourth-order valence-corrected chi connectivity index (χ4v) is 19.3. The first-order chi connectivity index (χ1) is 45.6. The lowest BCUT2D eigenvalue weighted by Gasteiger charge is -2.28. The molecule has 0 saturated carbocycles. The number of carbonyl (C=O) groups is 2. The lowest BCUT2D eigenvalue weighted by atomic mass is 9.90. The smallest absolute Gasteiger partial charge is 0.213 e. The maximum absolute atomic E-state index is 16.1. The van der Waals surface area contributed by atoms with E-state index in [-0.39, 0.29) is 11.6 Å². The van der Waals surface area contributed by atoms with E-state index in [4.69, 9.17) is 0 Å². The van der Waals surface area contributed by atoms with Gasteiger partial charge in [-0.1, -0.05) is 288 Å². The summed E-state index contributed by atoms with van der Waals surface area (Å²) in [4.78, 5) is 39.5. The second-order valence-corrected chi connectivity index (χ2v) is 31.8. The molecule has 504 valence electrons. The molecule has 0 N–H and O–H groups in total. The molecule has 9 rings (SSSR count). The average Bonchev–Trinajstić information content (AvgIpc) is 1.58. The van der Waals surface area contributed by atoms with Gasteiger partial charge in [0.05, 0.1) is 20.8 Å². The van der Waals surface area contributed by atoms with Crippen LogP contribution in [0.4, 0.5) is 11.4 Å². The Morgan fingerprint density at radius 3 is 1.13 bits per heavy atom. The normalized spacial score (nSPS) is 14.1. The van der Waals surface area contributed by atoms with Crippen molar-refractivity contribution in [2.75, 3.05) is 22.9 Å². The van der Waals surface area contributed by atoms with Crippen molar-refractivity contribution < 1.29 is 9.59 Å². The van der Waals surface area contributed by atoms with Crippen LogP contribution in [-0.4, -0.2) is 24.7 Å². The van der Waals surface area contributed by atoms with Crippen molar-refractivity contribution in [1.29, 1.82) is 0 Å². The number of unbranched alkanes of at least 4 members (excludes halogenated alkanes) is 22. The van der Waals surface area contributed by atoms with Crippen LogP contribution in [0.1, 0.15) is 316 Å². The van der Waals surface area contributed by atoms with E-state index in [2.05, 4.69) is 150 Å². The summed E-state index contributed by atoms with van der Waals surface area (Å²) < 4.78 is 5.55. The lowest BCUT2D eigenvalue weighted by molar-refractivity contribution is 0.100. The summed E-state index contributed by atoms with van der Waals surface area (Å²) in [5.41, 5.74) is 14.9. The second kappa shape index (κ2) is 38.2. The van der Waals surface area contributed by atoms with Crippen molar-refractivity contribution in [3.05, 3.63) is 130 Å². The monoisotopic (exact) mass is 1310 g/mol. The first kappa shape index (κ1) is 72.4. The van der Waals surface area contributed by atoms with Gasteiger partial charge in [-0.3, -0.25) is 9.59 Å². The molecule has 4 nitrogen and oxygen atoms in total. The number of hydrogen-bond donors (Lipinski definition) is 0. The Morgan fingerprint density at radius 1 is 0.344 bits per heavy atom. The minimum atomic E-state index is 0.0389. The fraction of sp³-hybridized carbons (Fsp3) is 0.581. The van der Waals surface area contributed by atoms with E-state index in [9.17, 15) is 0 Å². The molecule has 0 atom stereocenters. The van der Waals surface area contributed by atoms with Crippen molar-refractivity contribution in [3.8, 4) is 32.0 Å². The predicted octanol–water partition coefficient (Wildman–Crippen LogP) is 28.2. The van der Waals surface area contributed by atoms with Crippen LogP contribution in [0.5, 0.6) is 0 Å². The largest absolute Gasteiger partial charge is 0.336 e. The molecular formula is C86H120N2O2S3. The molecule has 2 aliphatic rings. The van der Waals surface area contributed by atoms with Gasteiger partial charge in [0.2, 0.25) is 11.6 Å². The van der Waals surface area contributed by atoms with Crippen LogP contribution in [-0.2, 0) is 12.8 Å². The van der Waals surface area contributed by atoms with Crippen LogP contribution in [0.2, 0.25) is 0 Å². The molecule has 0 amide bonds. The van der Waals surface area contributed by atoms with Crippen LogP contribution in [0, 0.1) is 25.7 Å². The zero-order valence-corrected chi connectivity index (χ0v) is 61.9. The second-order valence-electron chi connectivity index (χ2n) is 28.6. The molecule has 0 bridgehead atoms. The zero-order valence-electron chi connectivity index (χ0n) is 59.5. The van der Waals surface area contributed by atoms with Crippen LogP contribution in [0.25, 0.3) is 50.8 Å².